The van der Waals surface area contributed by atoms with Gasteiger partial charge in [0.2, 0.25) is 0 Å². The van der Waals surface area contributed by atoms with Crippen LogP contribution in [0.1, 0.15) is 0 Å². The van der Waals surface area contributed by atoms with Crippen LogP contribution in [0.2, 0.25) is 0 Å². The monoisotopic (exact) mass is 333 g/mol. The minimum atomic E-state index is 0. The first kappa shape index (κ1) is 44.1. The Hall–Kier alpha value is 2.95. The van der Waals surface area contributed by atoms with Crippen LogP contribution in [0.4, 0.5) is 0 Å². The summed E-state index contributed by atoms with van der Waals surface area (Å²) >= 11 is 0. The van der Waals surface area contributed by atoms with Gasteiger partial charge in [-0.15, -0.1) is 0 Å². The van der Waals surface area contributed by atoms with E-state index in [-0.39, 0.29) is 99.9 Å². The molecular formula is H3BCuFeNdNi. The number of rotatable bonds is 0. The molecule has 0 amide bonds. The maximum Gasteiger partial charge on any atom is 0.0814 e. The minimum Gasteiger partial charge on any atom is 0 e. The standard InChI is InChI=1S/BH3.Cu.Fe.Nd.Ni/h1H3;;;;. The molecule has 0 aliphatic rings. The zero-order valence-electron chi connectivity index (χ0n) is 1.47. The van der Waals surface area contributed by atoms with Crippen LogP contribution in [0, 0.1) is 40.8 Å². The molecule has 0 fully saturated rings. The van der Waals surface area contributed by atoms with Crippen molar-refractivity contribution in [2.24, 2.45) is 0 Å². The van der Waals surface area contributed by atoms with E-state index in [0.29, 0.717) is 0 Å². The van der Waals surface area contributed by atoms with E-state index in [9.17, 15) is 0 Å². The van der Waals surface area contributed by atoms with Crippen molar-refractivity contribution in [3.05, 3.63) is 0 Å². The zero-order chi connectivity index (χ0) is 0. The molecule has 0 nitrogen and oxygen atoms in total. The number of hydrogen-bond donors (Lipinski definition) is 0. The molecular weight excluding hydrogens is 333 g/mol. The van der Waals surface area contributed by atoms with Gasteiger partial charge < -0.3 is 0 Å². The summed E-state index contributed by atoms with van der Waals surface area (Å²) in [4.78, 5) is 0. The van der Waals surface area contributed by atoms with Crippen molar-refractivity contribution in [3.8, 4) is 0 Å². The second-order valence-electron chi connectivity index (χ2n) is 0. The quantitative estimate of drug-likeness (QED) is 0.488. The van der Waals surface area contributed by atoms with E-state index in [0.717, 1.165) is 0 Å². The van der Waals surface area contributed by atoms with Gasteiger partial charge in [0.15, 0.2) is 0 Å². The zero-order valence-corrected chi connectivity index (χ0v) is 7.71. The van der Waals surface area contributed by atoms with E-state index in [1.54, 1.807) is 0 Å². The summed E-state index contributed by atoms with van der Waals surface area (Å²) in [6.45, 7) is 0. The van der Waals surface area contributed by atoms with Crippen molar-refractivity contribution in [1.29, 1.82) is 0 Å². The molecule has 0 aromatic heterocycles. The molecule has 5 heavy (non-hydrogen) atoms. The molecule has 0 rings (SSSR count). The van der Waals surface area contributed by atoms with Gasteiger partial charge >= 0.3 is 0 Å². The molecule has 5 heteroatoms. The normalized spacial score (nSPS) is 0. The van der Waals surface area contributed by atoms with Gasteiger partial charge in [0.05, 0.1) is 8.41 Å². The van der Waals surface area contributed by atoms with Crippen molar-refractivity contribution < 1.29 is 91.5 Å². The van der Waals surface area contributed by atoms with Crippen LogP contribution in [-0.2, 0) is 50.6 Å². The summed E-state index contributed by atoms with van der Waals surface area (Å²) in [5.74, 6) is 0. The molecule has 0 bridgehead atoms. The molecule has 0 aliphatic carbocycles. The molecule has 0 aliphatic heterocycles. The first-order valence-electron chi connectivity index (χ1n) is 0. The summed E-state index contributed by atoms with van der Waals surface area (Å²) in [6.07, 6.45) is 0. The Morgan fingerprint density at radius 2 is 1.00 bits per heavy atom. The summed E-state index contributed by atoms with van der Waals surface area (Å²) in [5.41, 5.74) is 0. The van der Waals surface area contributed by atoms with Crippen LogP contribution >= 0.6 is 0 Å². The Balaban J connectivity index is 0. The molecule has 0 heterocycles. The van der Waals surface area contributed by atoms with Crippen LogP contribution < -0.4 is 0 Å². The topological polar surface area (TPSA) is 0 Å². The van der Waals surface area contributed by atoms with Gasteiger partial charge in [-0.3, -0.25) is 0 Å². The molecule has 0 unspecified atom stereocenters. The summed E-state index contributed by atoms with van der Waals surface area (Å²) in [7, 11) is 0. The fourth-order valence-corrected chi connectivity index (χ4v) is 0. The molecule has 0 atom stereocenters. The maximum atomic E-state index is 0. The molecule has 0 saturated heterocycles. The third-order valence-electron chi connectivity index (χ3n) is 0. The largest absolute Gasteiger partial charge is 0.0814 e. The SMILES string of the molecule is B.[Cu].[Fe].[Nd].[Ni]. The first-order valence-corrected chi connectivity index (χ1v) is 0. The average molecular weight is 336 g/mol. The van der Waals surface area contributed by atoms with Crippen LogP contribution in [0.25, 0.3) is 0 Å². The van der Waals surface area contributed by atoms with E-state index >= 15 is 0 Å². The first-order chi connectivity index (χ1) is 0. The van der Waals surface area contributed by atoms with E-state index in [2.05, 4.69) is 0 Å². The van der Waals surface area contributed by atoms with Gasteiger partial charge in [0, 0.05) is 91.5 Å². The second-order valence-corrected chi connectivity index (χ2v) is 0. The third kappa shape index (κ3) is 19.6. The summed E-state index contributed by atoms with van der Waals surface area (Å²) < 4.78 is 0. The van der Waals surface area contributed by atoms with Crippen molar-refractivity contribution in [1.82, 2.24) is 0 Å². The predicted molar refractivity (Wildman–Crippen MR) is 9.94 cm³/mol. The predicted octanol–water partition coefficient (Wildman–Crippen LogP) is -1.19. The smallest absolute Gasteiger partial charge is 0 e. The van der Waals surface area contributed by atoms with Gasteiger partial charge in [-0.2, -0.15) is 0 Å². The molecule has 0 aromatic carbocycles. The summed E-state index contributed by atoms with van der Waals surface area (Å²) in [5, 5.41) is 0. The Labute approximate surface area is 98.0 Å². The van der Waals surface area contributed by atoms with Gasteiger partial charge in [0.25, 0.3) is 0 Å². The van der Waals surface area contributed by atoms with Crippen molar-refractivity contribution >= 4 is 8.41 Å². The van der Waals surface area contributed by atoms with Crippen LogP contribution in [0.3, 0.4) is 0 Å². The molecule has 1 radical (unpaired) electrons. The van der Waals surface area contributed by atoms with E-state index in [4.69, 9.17) is 0 Å². The van der Waals surface area contributed by atoms with E-state index in [1.165, 1.54) is 0 Å². The van der Waals surface area contributed by atoms with Crippen LogP contribution in [-0.4, -0.2) is 8.41 Å². The third-order valence-corrected chi connectivity index (χ3v) is 0. The van der Waals surface area contributed by atoms with Crippen LogP contribution in [0.15, 0.2) is 0 Å². The van der Waals surface area contributed by atoms with Crippen molar-refractivity contribution in [2.75, 3.05) is 0 Å². The maximum absolute atomic E-state index is 0. The van der Waals surface area contributed by atoms with Gasteiger partial charge in [-0.25, -0.2) is 0 Å². The number of hydrogen-bond acceptors (Lipinski definition) is 0. The van der Waals surface area contributed by atoms with Gasteiger partial charge in [-0.05, 0) is 0 Å². The molecule has 0 N–H and O–H groups in total. The minimum absolute atomic E-state index is 0. The molecule has 39 valence electrons. The molecule has 0 saturated carbocycles. The Morgan fingerprint density at radius 1 is 1.00 bits per heavy atom. The Morgan fingerprint density at radius 3 is 1.00 bits per heavy atom. The molecule has 0 aromatic rings. The fraction of sp³-hybridized carbons (Fsp3) is 0. The van der Waals surface area contributed by atoms with Crippen molar-refractivity contribution in [3.63, 3.8) is 0 Å². The fourth-order valence-electron chi connectivity index (χ4n) is 0. The second kappa shape index (κ2) is 28.3. The van der Waals surface area contributed by atoms with E-state index < -0.39 is 0 Å². The average Bonchev–Trinajstić information content (AvgIpc) is 0. The summed E-state index contributed by atoms with van der Waals surface area (Å²) in [6, 6.07) is 0. The Kier molecular flexibility index (Phi) is 250. The van der Waals surface area contributed by atoms with Gasteiger partial charge in [0.1, 0.15) is 0 Å². The molecule has 0 spiro atoms. The van der Waals surface area contributed by atoms with Gasteiger partial charge in [-0.1, -0.05) is 0 Å². The van der Waals surface area contributed by atoms with E-state index in [1.807, 2.05) is 0 Å². The van der Waals surface area contributed by atoms with Crippen molar-refractivity contribution in [2.45, 2.75) is 0 Å². The Bertz CT molecular complexity index is 11.6. The van der Waals surface area contributed by atoms with Crippen LogP contribution in [0.5, 0.6) is 0 Å².